The van der Waals surface area contributed by atoms with E-state index in [1.807, 2.05) is 0 Å². The van der Waals surface area contributed by atoms with Crippen LogP contribution in [0, 0.1) is 5.92 Å². The lowest BCUT2D eigenvalue weighted by atomic mass is 9.73. The van der Waals surface area contributed by atoms with Crippen LogP contribution >= 0.6 is 0 Å². The summed E-state index contributed by atoms with van der Waals surface area (Å²) in [7, 11) is 0. The predicted molar refractivity (Wildman–Crippen MR) is 74.1 cm³/mol. The Morgan fingerprint density at radius 1 is 1.24 bits per heavy atom. The second-order valence-electron chi connectivity index (χ2n) is 6.22. The molecule has 2 N–H and O–H groups in total. The molecule has 2 atom stereocenters. The largest absolute Gasteiger partial charge is 0.329 e. The van der Waals surface area contributed by atoms with Crippen molar-refractivity contribution in [3.63, 3.8) is 0 Å². The first kappa shape index (κ1) is 13.4. The molecule has 0 aromatic heterocycles. The van der Waals surface area contributed by atoms with E-state index in [9.17, 15) is 0 Å². The van der Waals surface area contributed by atoms with E-state index < -0.39 is 0 Å². The third kappa shape index (κ3) is 2.85. The van der Waals surface area contributed by atoms with Gasteiger partial charge in [0, 0.05) is 18.1 Å². The van der Waals surface area contributed by atoms with Crippen molar-refractivity contribution in [1.82, 2.24) is 4.90 Å². The molecule has 2 saturated carbocycles. The van der Waals surface area contributed by atoms with Crippen LogP contribution < -0.4 is 5.73 Å². The minimum absolute atomic E-state index is 0.357. The quantitative estimate of drug-likeness (QED) is 0.770. The monoisotopic (exact) mass is 238 g/mol. The molecular weight excluding hydrogens is 208 g/mol. The van der Waals surface area contributed by atoms with Gasteiger partial charge in [-0.15, -0.1) is 0 Å². The Kier molecular flexibility index (Phi) is 4.48. The number of nitrogens with two attached hydrogens (primary N) is 1. The van der Waals surface area contributed by atoms with Crippen molar-refractivity contribution in [1.29, 1.82) is 0 Å². The third-order valence-electron chi connectivity index (χ3n) is 4.94. The summed E-state index contributed by atoms with van der Waals surface area (Å²) < 4.78 is 0. The SMILES string of the molecule is CCCN(C1CC1)C1(CN)CCCC(CC)C1. The van der Waals surface area contributed by atoms with Crippen LogP contribution in [0.15, 0.2) is 0 Å². The van der Waals surface area contributed by atoms with Crippen LogP contribution in [0.3, 0.4) is 0 Å². The zero-order valence-electron chi connectivity index (χ0n) is 11.8. The number of rotatable bonds is 6. The maximum absolute atomic E-state index is 6.21. The Morgan fingerprint density at radius 2 is 2.00 bits per heavy atom. The van der Waals surface area contributed by atoms with Crippen LogP contribution in [-0.4, -0.2) is 29.6 Å². The van der Waals surface area contributed by atoms with E-state index in [-0.39, 0.29) is 0 Å². The van der Waals surface area contributed by atoms with Crippen molar-refractivity contribution < 1.29 is 0 Å². The molecule has 0 amide bonds. The molecule has 0 aliphatic heterocycles. The van der Waals surface area contributed by atoms with E-state index in [0.29, 0.717) is 5.54 Å². The predicted octanol–water partition coefficient (Wildman–Crippen LogP) is 3.16. The average Bonchev–Trinajstić information content (AvgIpc) is 3.20. The molecule has 0 heterocycles. The average molecular weight is 238 g/mol. The van der Waals surface area contributed by atoms with Gasteiger partial charge < -0.3 is 5.73 Å². The normalized spacial score (nSPS) is 34.2. The zero-order chi connectivity index (χ0) is 12.3. The molecule has 2 rings (SSSR count). The second kappa shape index (κ2) is 5.71. The second-order valence-corrected chi connectivity index (χ2v) is 6.22. The smallest absolute Gasteiger partial charge is 0.0337 e. The lowest BCUT2D eigenvalue weighted by molar-refractivity contribution is 0.0277. The van der Waals surface area contributed by atoms with Gasteiger partial charge in [0.1, 0.15) is 0 Å². The third-order valence-corrected chi connectivity index (χ3v) is 4.94. The van der Waals surface area contributed by atoms with Crippen LogP contribution in [0.2, 0.25) is 0 Å². The summed E-state index contributed by atoms with van der Waals surface area (Å²) in [4.78, 5) is 2.80. The highest BCUT2D eigenvalue weighted by Crippen LogP contribution is 2.42. The molecule has 2 aliphatic rings. The van der Waals surface area contributed by atoms with Gasteiger partial charge in [-0.25, -0.2) is 0 Å². The van der Waals surface area contributed by atoms with Crippen LogP contribution in [0.25, 0.3) is 0 Å². The van der Waals surface area contributed by atoms with Gasteiger partial charge in [0.25, 0.3) is 0 Å². The van der Waals surface area contributed by atoms with Crippen molar-refractivity contribution in [2.24, 2.45) is 11.7 Å². The van der Waals surface area contributed by atoms with E-state index in [1.165, 1.54) is 57.9 Å². The van der Waals surface area contributed by atoms with Crippen molar-refractivity contribution in [3.05, 3.63) is 0 Å². The Labute approximate surface area is 107 Å². The Morgan fingerprint density at radius 3 is 2.53 bits per heavy atom. The first-order valence-electron chi connectivity index (χ1n) is 7.72. The fraction of sp³-hybridized carbons (Fsp3) is 1.00. The zero-order valence-corrected chi connectivity index (χ0v) is 11.8. The Hall–Kier alpha value is -0.0800. The molecule has 2 nitrogen and oxygen atoms in total. The van der Waals surface area contributed by atoms with Crippen LogP contribution in [-0.2, 0) is 0 Å². The Bertz CT molecular complexity index is 237. The number of hydrogen-bond donors (Lipinski definition) is 1. The fourth-order valence-corrected chi connectivity index (χ4v) is 3.81. The van der Waals surface area contributed by atoms with Crippen molar-refractivity contribution in [2.75, 3.05) is 13.1 Å². The minimum atomic E-state index is 0.357. The van der Waals surface area contributed by atoms with Gasteiger partial charge >= 0.3 is 0 Å². The number of hydrogen-bond acceptors (Lipinski definition) is 2. The van der Waals surface area contributed by atoms with Crippen LogP contribution in [0.1, 0.15) is 65.2 Å². The van der Waals surface area contributed by atoms with Crippen LogP contribution in [0.5, 0.6) is 0 Å². The highest BCUT2D eigenvalue weighted by Gasteiger charge is 2.45. The summed E-state index contributed by atoms with van der Waals surface area (Å²) >= 11 is 0. The summed E-state index contributed by atoms with van der Waals surface area (Å²) in [5, 5.41) is 0. The molecule has 0 saturated heterocycles. The molecule has 0 bridgehead atoms. The van der Waals surface area contributed by atoms with Gasteiger partial charge in [-0.2, -0.15) is 0 Å². The van der Waals surface area contributed by atoms with Crippen molar-refractivity contribution in [3.8, 4) is 0 Å². The molecule has 2 heteroatoms. The first-order chi connectivity index (χ1) is 8.25. The van der Waals surface area contributed by atoms with E-state index in [0.717, 1.165) is 18.5 Å². The van der Waals surface area contributed by atoms with Crippen molar-refractivity contribution in [2.45, 2.75) is 76.8 Å². The molecule has 100 valence electrons. The maximum atomic E-state index is 6.21. The summed E-state index contributed by atoms with van der Waals surface area (Å²) in [6, 6.07) is 0.870. The van der Waals surface area contributed by atoms with Gasteiger partial charge in [-0.3, -0.25) is 4.90 Å². The highest BCUT2D eigenvalue weighted by molar-refractivity contribution is 5.01. The summed E-state index contributed by atoms with van der Waals surface area (Å²) in [5.41, 5.74) is 6.57. The first-order valence-corrected chi connectivity index (χ1v) is 7.72. The topological polar surface area (TPSA) is 29.3 Å². The molecule has 0 radical (unpaired) electrons. The van der Waals surface area contributed by atoms with Gasteiger partial charge in [0.2, 0.25) is 0 Å². The molecule has 2 aliphatic carbocycles. The summed E-state index contributed by atoms with van der Waals surface area (Å²) in [6.07, 6.45) is 11.0. The summed E-state index contributed by atoms with van der Waals surface area (Å²) in [6.45, 7) is 6.79. The van der Waals surface area contributed by atoms with Crippen LogP contribution in [0.4, 0.5) is 0 Å². The van der Waals surface area contributed by atoms with E-state index in [1.54, 1.807) is 0 Å². The highest BCUT2D eigenvalue weighted by atomic mass is 15.3. The van der Waals surface area contributed by atoms with Gasteiger partial charge in [0.15, 0.2) is 0 Å². The van der Waals surface area contributed by atoms with E-state index in [4.69, 9.17) is 5.73 Å². The van der Waals surface area contributed by atoms with Gasteiger partial charge in [0.05, 0.1) is 0 Å². The molecule has 2 fully saturated rings. The standard InChI is InChI=1S/C15H30N2/c1-3-10-17(14-7-8-14)15(12-16)9-5-6-13(4-2)11-15/h13-14H,3-12,16H2,1-2H3. The van der Waals surface area contributed by atoms with Gasteiger partial charge in [-0.1, -0.05) is 33.1 Å². The Balaban J connectivity index is 2.09. The molecule has 17 heavy (non-hydrogen) atoms. The molecule has 0 aromatic rings. The minimum Gasteiger partial charge on any atom is -0.329 e. The van der Waals surface area contributed by atoms with E-state index in [2.05, 4.69) is 18.7 Å². The van der Waals surface area contributed by atoms with Gasteiger partial charge in [-0.05, 0) is 44.6 Å². The molecule has 2 unspecified atom stereocenters. The molecular formula is C15H30N2. The lowest BCUT2D eigenvalue weighted by Gasteiger charge is -2.48. The molecule has 0 spiro atoms. The van der Waals surface area contributed by atoms with Crippen molar-refractivity contribution >= 4 is 0 Å². The lowest BCUT2D eigenvalue weighted by Crippen LogP contribution is -2.57. The molecule has 0 aromatic carbocycles. The maximum Gasteiger partial charge on any atom is 0.0337 e. The fourth-order valence-electron chi connectivity index (χ4n) is 3.81. The summed E-state index contributed by atoms with van der Waals surface area (Å²) in [5.74, 6) is 0.922. The number of nitrogens with zero attached hydrogens (tertiary/aromatic N) is 1. The van der Waals surface area contributed by atoms with E-state index >= 15 is 0 Å².